The maximum Gasteiger partial charge on any atom is 0.241 e. The number of aromatic nitrogens is 4. The van der Waals surface area contributed by atoms with E-state index in [0.29, 0.717) is 16.7 Å². The number of hydrogen-bond donors (Lipinski definition) is 2. The van der Waals surface area contributed by atoms with Gasteiger partial charge < -0.3 is 5.32 Å². The normalized spacial score (nSPS) is 10.7. The number of alkyl halides is 1. The van der Waals surface area contributed by atoms with Crippen molar-refractivity contribution < 1.29 is 9.59 Å². The van der Waals surface area contributed by atoms with E-state index in [1.807, 2.05) is 30.3 Å². The van der Waals surface area contributed by atoms with Crippen LogP contribution in [0.25, 0.3) is 0 Å². The molecule has 0 radical (unpaired) electrons. The summed E-state index contributed by atoms with van der Waals surface area (Å²) >= 11 is 8.19. The molecule has 8 nitrogen and oxygen atoms in total. The SMILES string of the molecule is O=C(CCl)Nc1nnc(CCCCc2nnc(NC(=O)Cc3ccccc3)s2)s1. The fraction of sp³-hybridized carbons (Fsp3) is 0.333. The summed E-state index contributed by atoms with van der Waals surface area (Å²) < 4.78 is 0. The summed E-state index contributed by atoms with van der Waals surface area (Å²) in [5.74, 6) is -0.504. The number of unbranched alkanes of at least 4 members (excludes halogenated alkanes) is 1. The van der Waals surface area contributed by atoms with E-state index in [9.17, 15) is 9.59 Å². The first-order valence-electron chi connectivity index (χ1n) is 8.96. The van der Waals surface area contributed by atoms with Crippen LogP contribution < -0.4 is 10.6 Å². The topological polar surface area (TPSA) is 110 Å². The predicted molar refractivity (Wildman–Crippen MR) is 115 cm³/mol. The molecule has 3 rings (SSSR count). The van der Waals surface area contributed by atoms with Crippen molar-refractivity contribution in [2.24, 2.45) is 0 Å². The molecule has 0 bridgehead atoms. The minimum Gasteiger partial charge on any atom is -0.300 e. The average molecular weight is 451 g/mol. The Balaban J connectivity index is 1.37. The van der Waals surface area contributed by atoms with E-state index in [-0.39, 0.29) is 17.7 Å². The lowest BCUT2D eigenvalue weighted by Crippen LogP contribution is -2.14. The molecule has 0 unspecified atom stereocenters. The predicted octanol–water partition coefficient (Wildman–Crippen LogP) is 3.31. The molecule has 1 aromatic carbocycles. The molecule has 0 aliphatic carbocycles. The number of hydrogen-bond acceptors (Lipinski definition) is 8. The van der Waals surface area contributed by atoms with Gasteiger partial charge in [-0.05, 0) is 18.4 Å². The van der Waals surface area contributed by atoms with Crippen molar-refractivity contribution in [1.82, 2.24) is 20.4 Å². The van der Waals surface area contributed by atoms with Gasteiger partial charge in [-0.25, -0.2) is 0 Å². The maximum absolute atomic E-state index is 12.1. The van der Waals surface area contributed by atoms with Gasteiger partial charge in [-0.3, -0.25) is 14.9 Å². The van der Waals surface area contributed by atoms with Gasteiger partial charge in [0.2, 0.25) is 22.1 Å². The molecule has 0 aliphatic rings. The van der Waals surface area contributed by atoms with Crippen molar-refractivity contribution in [3.05, 3.63) is 45.9 Å². The van der Waals surface area contributed by atoms with Crippen LogP contribution in [0.15, 0.2) is 30.3 Å². The van der Waals surface area contributed by atoms with Crippen molar-refractivity contribution in [2.45, 2.75) is 32.1 Å². The summed E-state index contributed by atoms with van der Waals surface area (Å²) in [6.45, 7) is 0. The quantitative estimate of drug-likeness (QED) is 0.362. The van der Waals surface area contributed by atoms with E-state index in [2.05, 4.69) is 31.0 Å². The molecule has 0 atom stereocenters. The molecule has 11 heteroatoms. The average Bonchev–Trinajstić information content (AvgIpc) is 3.35. The minimum atomic E-state index is -0.294. The molecule has 0 saturated carbocycles. The molecule has 0 spiro atoms. The number of nitrogens with zero attached hydrogens (tertiary/aromatic N) is 4. The van der Waals surface area contributed by atoms with Gasteiger partial charge in [-0.15, -0.1) is 32.0 Å². The molecule has 2 N–H and O–H groups in total. The molecule has 2 heterocycles. The van der Waals surface area contributed by atoms with Crippen molar-refractivity contribution in [1.29, 1.82) is 0 Å². The standard InChI is InChI=1S/C18H19ClN6O2S2/c19-11-14(27)21-18-25-23-16(29-18)9-5-4-8-15-22-24-17(28-15)20-13(26)10-12-6-2-1-3-7-12/h1-3,6-7H,4-5,8-11H2,(H,20,24,26)(H,21,25,27). The third-order valence-electron chi connectivity index (χ3n) is 3.79. The summed E-state index contributed by atoms with van der Waals surface area (Å²) in [6, 6.07) is 9.56. The first kappa shape index (κ1) is 21.3. The van der Waals surface area contributed by atoms with Gasteiger partial charge in [-0.2, -0.15) is 0 Å². The second-order valence-electron chi connectivity index (χ2n) is 6.10. The zero-order chi connectivity index (χ0) is 20.5. The van der Waals surface area contributed by atoms with Crippen LogP contribution in [0, 0.1) is 0 Å². The number of rotatable bonds is 10. The van der Waals surface area contributed by atoms with Crippen LogP contribution in [-0.4, -0.2) is 38.1 Å². The number of nitrogens with one attached hydrogen (secondary N) is 2. The summed E-state index contributed by atoms with van der Waals surface area (Å²) in [7, 11) is 0. The summed E-state index contributed by atoms with van der Waals surface area (Å²) in [4.78, 5) is 23.3. The van der Waals surface area contributed by atoms with Crippen LogP contribution in [0.2, 0.25) is 0 Å². The van der Waals surface area contributed by atoms with Gasteiger partial charge in [0, 0.05) is 12.8 Å². The highest BCUT2D eigenvalue weighted by molar-refractivity contribution is 7.15. The molecule has 0 fully saturated rings. The van der Waals surface area contributed by atoms with E-state index in [1.165, 1.54) is 22.7 Å². The highest BCUT2D eigenvalue weighted by atomic mass is 35.5. The van der Waals surface area contributed by atoms with Crippen molar-refractivity contribution in [3.8, 4) is 0 Å². The summed E-state index contributed by atoms with van der Waals surface area (Å²) in [6.07, 6.45) is 3.68. The second kappa shape index (κ2) is 10.9. The highest BCUT2D eigenvalue weighted by Crippen LogP contribution is 2.20. The zero-order valence-electron chi connectivity index (χ0n) is 15.4. The number of aryl methyl sites for hydroxylation is 2. The fourth-order valence-electron chi connectivity index (χ4n) is 2.46. The third kappa shape index (κ3) is 7.15. The molecule has 0 aliphatic heterocycles. The first-order chi connectivity index (χ1) is 14.1. The van der Waals surface area contributed by atoms with Crippen LogP contribution in [0.3, 0.4) is 0 Å². The van der Waals surface area contributed by atoms with E-state index < -0.39 is 0 Å². The zero-order valence-corrected chi connectivity index (χ0v) is 17.8. The molecule has 2 aromatic heterocycles. The third-order valence-corrected chi connectivity index (χ3v) is 5.83. The Hall–Kier alpha value is -2.43. The van der Waals surface area contributed by atoms with Crippen LogP contribution in [0.1, 0.15) is 28.4 Å². The molecule has 29 heavy (non-hydrogen) atoms. The molecule has 152 valence electrons. The van der Waals surface area contributed by atoms with Gasteiger partial charge in [0.1, 0.15) is 15.9 Å². The van der Waals surface area contributed by atoms with E-state index in [4.69, 9.17) is 11.6 Å². The van der Waals surface area contributed by atoms with Crippen LogP contribution in [0.4, 0.5) is 10.3 Å². The van der Waals surface area contributed by atoms with Crippen molar-refractivity contribution in [3.63, 3.8) is 0 Å². The summed E-state index contributed by atoms with van der Waals surface area (Å²) in [5, 5.41) is 24.3. The second-order valence-corrected chi connectivity index (χ2v) is 8.49. The Morgan fingerprint density at radius 1 is 0.828 bits per heavy atom. The van der Waals surface area contributed by atoms with Gasteiger partial charge in [0.15, 0.2) is 0 Å². The van der Waals surface area contributed by atoms with Crippen LogP contribution in [-0.2, 0) is 28.9 Å². The largest absolute Gasteiger partial charge is 0.300 e. The Morgan fingerprint density at radius 2 is 1.38 bits per heavy atom. The number of halogens is 1. The smallest absolute Gasteiger partial charge is 0.241 e. The highest BCUT2D eigenvalue weighted by Gasteiger charge is 2.10. The summed E-state index contributed by atoms with van der Waals surface area (Å²) in [5.41, 5.74) is 0.955. The maximum atomic E-state index is 12.1. The molecule has 3 aromatic rings. The number of anilines is 2. The van der Waals surface area contributed by atoms with Crippen molar-refractivity contribution >= 4 is 56.4 Å². The monoisotopic (exact) mass is 450 g/mol. The van der Waals surface area contributed by atoms with Crippen LogP contribution in [0.5, 0.6) is 0 Å². The molecule has 2 amide bonds. The lowest BCUT2D eigenvalue weighted by Gasteiger charge is -2.00. The van der Waals surface area contributed by atoms with E-state index >= 15 is 0 Å². The fourth-order valence-corrected chi connectivity index (χ4v) is 4.12. The van der Waals surface area contributed by atoms with E-state index in [1.54, 1.807) is 0 Å². The van der Waals surface area contributed by atoms with Crippen molar-refractivity contribution in [2.75, 3.05) is 16.5 Å². The van der Waals surface area contributed by atoms with Crippen LogP contribution >= 0.6 is 34.3 Å². The van der Waals surface area contributed by atoms with Gasteiger partial charge >= 0.3 is 0 Å². The van der Waals surface area contributed by atoms with E-state index in [0.717, 1.165) is 41.3 Å². The Bertz CT molecular complexity index is 947. The first-order valence-corrected chi connectivity index (χ1v) is 11.1. The molecule has 0 saturated heterocycles. The van der Waals surface area contributed by atoms with Gasteiger partial charge in [0.05, 0.1) is 6.42 Å². The van der Waals surface area contributed by atoms with Gasteiger partial charge in [-0.1, -0.05) is 53.0 Å². The molecular formula is C18H19ClN6O2S2. The Kier molecular flexibility index (Phi) is 8.03. The molecular weight excluding hydrogens is 432 g/mol. The number of carbonyl (C=O) groups is 2. The Morgan fingerprint density at radius 3 is 1.93 bits per heavy atom. The minimum absolute atomic E-state index is 0.104. The lowest BCUT2D eigenvalue weighted by atomic mass is 10.1. The number of benzene rings is 1. The number of carbonyl (C=O) groups excluding carboxylic acids is 2. The lowest BCUT2D eigenvalue weighted by molar-refractivity contribution is -0.115. The Labute approximate surface area is 180 Å². The number of amides is 2. The van der Waals surface area contributed by atoms with Gasteiger partial charge in [0.25, 0.3) is 0 Å².